The van der Waals surface area contributed by atoms with Gasteiger partial charge in [0.05, 0.1) is 11.6 Å². The van der Waals surface area contributed by atoms with Crippen LogP contribution < -0.4 is 5.32 Å². The number of hydrogen-bond donors (Lipinski definition) is 2. The lowest BCUT2D eigenvalue weighted by Gasteiger charge is -2.29. The topological polar surface area (TPSA) is 111 Å². The smallest absolute Gasteiger partial charge is 0.407 e. The third kappa shape index (κ3) is 3.70. The molecule has 152 valence electrons. The highest BCUT2D eigenvalue weighted by Gasteiger charge is 2.25. The number of aromatic nitrogens is 2. The SMILES string of the molecule is Cn1cc(C2CCN(C(=O)O)CC2)c2cc(NC(=O)c3cc(C#N)ccn3)ccc21. The Morgan fingerprint density at radius 2 is 2.00 bits per heavy atom. The van der Waals surface area contributed by atoms with Crippen molar-refractivity contribution >= 4 is 28.6 Å². The second-order valence-corrected chi connectivity index (χ2v) is 7.47. The molecule has 0 bridgehead atoms. The van der Waals surface area contributed by atoms with Crippen LogP contribution in [0.25, 0.3) is 10.9 Å². The van der Waals surface area contributed by atoms with Gasteiger partial charge in [-0.15, -0.1) is 0 Å². The van der Waals surface area contributed by atoms with Gasteiger partial charge >= 0.3 is 6.09 Å². The van der Waals surface area contributed by atoms with Gasteiger partial charge in [-0.05, 0) is 54.7 Å². The Labute approximate surface area is 173 Å². The average Bonchev–Trinajstić information content (AvgIpc) is 3.09. The Morgan fingerprint density at radius 3 is 2.70 bits per heavy atom. The molecular weight excluding hydrogens is 382 g/mol. The number of nitrogens with zero attached hydrogens (tertiary/aromatic N) is 4. The van der Waals surface area contributed by atoms with Gasteiger partial charge in [-0.3, -0.25) is 9.78 Å². The first-order valence-corrected chi connectivity index (χ1v) is 9.70. The van der Waals surface area contributed by atoms with Gasteiger partial charge in [0.2, 0.25) is 0 Å². The fourth-order valence-corrected chi connectivity index (χ4v) is 4.03. The van der Waals surface area contributed by atoms with E-state index >= 15 is 0 Å². The Kier molecular flexibility index (Phi) is 5.11. The van der Waals surface area contributed by atoms with Crippen molar-refractivity contribution in [2.75, 3.05) is 18.4 Å². The highest BCUT2D eigenvalue weighted by molar-refractivity contribution is 6.04. The number of piperidine rings is 1. The molecule has 0 aliphatic carbocycles. The van der Waals surface area contributed by atoms with Gasteiger partial charge in [-0.1, -0.05) is 0 Å². The zero-order valence-electron chi connectivity index (χ0n) is 16.5. The molecule has 30 heavy (non-hydrogen) atoms. The number of anilines is 1. The molecule has 4 rings (SSSR count). The van der Waals surface area contributed by atoms with E-state index in [1.807, 2.05) is 31.3 Å². The molecule has 8 heteroatoms. The van der Waals surface area contributed by atoms with Crippen molar-refractivity contribution in [3.05, 3.63) is 59.5 Å². The molecule has 8 nitrogen and oxygen atoms in total. The molecule has 1 aromatic carbocycles. The zero-order chi connectivity index (χ0) is 21.3. The summed E-state index contributed by atoms with van der Waals surface area (Å²) in [4.78, 5) is 29.2. The standard InChI is InChI=1S/C22H21N5O3/c1-26-13-18(15-5-8-27(9-6-15)22(29)30)17-11-16(2-3-20(17)26)25-21(28)19-10-14(12-23)4-7-24-19/h2-4,7,10-11,13,15H,5-6,8-9H2,1H3,(H,25,28)(H,29,30). The summed E-state index contributed by atoms with van der Waals surface area (Å²) in [5, 5.41) is 22.1. The van der Waals surface area contributed by atoms with E-state index in [-0.39, 0.29) is 17.5 Å². The van der Waals surface area contributed by atoms with E-state index in [4.69, 9.17) is 5.26 Å². The van der Waals surface area contributed by atoms with E-state index in [9.17, 15) is 14.7 Å². The second kappa shape index (κ2) is 7.87. The second-order valence-electron chi connectivity index (χ2n) is 7.47. The first-order valence-electron chi connectivity index (χ1n) is 9.70. The molecule has 3 heterocycles. The summed E-state index contributed by atoms with van der Waals surface area (Å²) in [5.74, 6) is -0.108. The molecule has 1 aliphatic rings. The highest BCUT2D eigenvalue weighted by atomic mass is 16.4. The number of carbonyl (C=O) groups excluding carboxylic acids is 1. The number of carbonyl (C=O) groups is 2. The maximum absolute atomic E-state index is 12.6. The van der Waals surface area contributed by atoms with Gasteiger partial charge < -0.3 is 19.9 Å². The molecule has 1 fully saturated rings. The van der Waals surface area contributed by atoms with Gasteiger partial charge in [0, 0.05) is 49.1 Å². The van der Waals surface area contributed by atoms with Crippen molar-refractivity contribution < 1.29 is 14.7 Å². The van der Waals surface area contributed by atoms with Gasteiger partial charge in [0.15, 0.2) is 0 Å². The van der Waals surface area contributed by atoms with E-state index < -0.39 is 6.09 Å². The van der Waals surface area contributed by atoms with Crippen molar-refractivity contribution in [3.63, 3.8) is 0 Å². The number of pyridine rings is 1. The number of rotatable bonds is 3. The number of carboxylic acid groups (broad SMARTS) is 1. The van der Waals surface area contributed by atoms with Crippen molar-refractivity contribution in [2.24, 2.45) is 7.05 Å². The first-order chi connectivity index (χ1) is 14.5. The molecule has 3 aromatic rings. The van der Waals surface area contributed by atoms with Crippen LogP contribution in [-0.4, -0.2) is 44.6 Å². The molecule has 0 spiro atoms. The number of hydrogen-bond acceptors (Lipinski definition) is 4. The van der Waals surface area contributed by atoms with Gasteiger partial charge in [-0.2, -0.15) is 5.26 Å². The number of nitriles is 1. The van der Waals surface area contributed by atoms with E-state index in [2.05, 4.69) is 21.1 Å². The summed E-state index contributed by atoms with van der Waals surface area (Å²) < 4.78 is 2.05. The largest absolute Gasteiger partial charge is 0.465 e. The van der Waals surface area contributed by atoms with Gasteiger partial charge in [0.1, 0.15) is 5.69 Å². The van der Waals surface area contributed by atoms with E-state index in [0.29, 0.717) is 24.3 Å². The van der Waals surface area contributed by atoms with Crippen molar-refractivity contribution in [1.82, 2.24) is 14.5 Å². The third-order valence-corrected chi connectivity index (χ3v) is 5.61. The number of amides is 2. The summed E-state index contributed by atoms with van der Waals surface area (Å²) >= 11 is 0. The summed E-state index contributed by atoms with van der Waals surface area (Å²) in [6.45, 7) is 1.04. The fraction of sp³-hybridized carbons (Fsp3) is 0.273. The maximum atomic E-state index is 12.6. The van der Waals surface area contributed by atoms with Gasteiger partial charge in [-0.25, -0.2) is 4.79 Å². The summed E-state index contributed by atoms with van der Waals surface area (Å²) in [6, 6.07) is 10.8. The first kappa shape index (κ1) is 19.5. The molecule has 2 N–H and O–H groups in total. The van der Waals surface area contributed by atoms with Crippen LogP contribution in [0.4, 0.5) is 10.5 Å². The lowest BCUT2D eigenvalue weighted by molar-refractivity contribution is 0.102. The summed E-state index contributed by atoms with van der Waals surface area (Å²) in [5.41, 5.74) is 3.42. The van der Waals surface area contributed by atoms with E-state index in [1.165, 1.54) is 22.7 Å². The van der Waals surface area contributed by atoms with Crippen molar-refractivity contribution in [2.45, 2.75) is 18.8 Å². The van der Waals surface area contributed by atoms with Crippen molar-refractivity contribution in [3.8, 4) is 6.07 Å². The molecule has 2 amide bonds. The maximum Gasteiger partial charge on any atom is 0.407 e. The minimum Gasteiger partial charge on any atom is -0.465 e. The molecule has 0 radical (unpaired) electrons. The number of likely N-dealkylation sites (tertiary alicyclic amines) is 1. The molecule has 1 saturated heterocycles. The van der Waals surface area contributed by atoms with Crippen LogP contribution in [0.1, 0.15) is 40.4 Å². The number of fused-ring (bicyclic) bond motifs is 1. The molecule has 1 aliphatic heterocycles. The molecule has 2 aromatic heterocycles. The van der Waals surface area contributed by atoms with Crippen molar-refractivity contribution in [1.29, 1.82) is 5.26 Å². The van der Waals surface area contributed by atoms with E-state index in [0.717, 1.165) is 23.7 Å². The average molecular weight is 403 g/mol. The lowest BCUT2D eigenvalue weighted by atomic mass is 9.89. The molecule has 0 unspecified atom stereocenters. The van der Waals surface area contributed by atoms with E-state index in [1.54, 1.807) is 6.07 Å². The predicted molar refractivity (Wildman–Crippen MR) is 111 cm³/mol. The molecular formula is C22H21N5O3. The van der Waals surface area contributed by atoms with Crippen LogP contribution in [0, 0.1) is 11.3 Å². The quantitative estimate of drug-likeness (QED) is 0.695. The van der Waals surface area contributed by atoms with Crippen LogP contribution in [0.2, 0.25) is 0 Å². The third-order valence-electron chi connectivity index (χ3n) is 5.61. The lowest BCUT2D eigenvalue weighted by Crippen LogP contribution is -2.36. The van der Waals surface area contributed by atoms with Crippen LogP contribution in [0.15, 0.2) is 42.7 Å². The minimum atomic E-state index is -0.870. The Morgan fingerprint density at radius 1 is 1.23 bits per heavy atom. The molecule has 0 saturated carbocycles. The molecule has 0 atom stereocenters. The van der Waals surface area contributed by atoms with Gasteiger partial charge in [0.25, 0.3) is 5.91 Å². The highest BCUT2D eigenvalue weighted by Crippen LogP contribution is 2.35. The minimum absolute atomic E-state index is 0.184. The summed E-state index contributed by atoms with van der Waals surface area (Å²) in [7, 11) is 1.98. The fourth-order valence-electron chi connectivity index (χ4n) is 4.03. The normalized spacial score (nSPS) is 14.5. The van der Waals surface area contributed by atoms with Crippen LogP contribution >= 0.6 is 0 Å². The predicted octanol–water partition coefficient (Wildman–Crippen LogP) is 3.55. The number of nitrogens with one attached hydrogen (secondary N) is 1. The Bertz CT molecular complexity index is 1170. The number of benzene rings is 1. The summed E-state index contributed by atoms with van der Waals surface area (Å²) in [6.07, 6.45) is 4.20. The monoisotopic (exact) mass is 403 g/mol. The van der Waals surface area contributed by atoms with Crippen LogP contribution in [0.3, 0.4) is 0 Å². The zero-order valence-corrected chi connectivity index (χ0v) is 16.5. The Hall–Kier alpha value is -3.86. The number of aryl methyl sites for hydroxylation is 1. The van der Waals surface area contributed by atoms with Crippen LogP contribution in [-0.2, 0) is 7.05 Å². The van der Waals surface area contributed by atoms with Crippen LogP contribution in [0.5, 0.6) is 0 Å². The Balaban J connectivity index is 1.59.